The quantitative estimate of drug-likeness (QED) is 0.515. The molecular formula is C10H12O. The first kappa shape index (κ1) is 6.84. The maximum atomic E-state index is 11.3. The highest BCUT2D eigenvalue weighted by molar-refractivity contribution is 5.95. The highest BCUT2D eigenvalue weighted by Crippen LogP contribution is 2.32. The summed E-state index contributed by atoms with van der Waals surface area (Å²) in [6.45, 7) is 0. The maximum Gasteiger partial charge on any atom is 0.162 e. The molecule has 0 spiro atoms. The molecule has 0 aromatic carbocycles. The van der Waals surface area contributed by atoms with Crippen molar-refractivity contribution in [1.29, 1.82) is 0 Å². The molecule has 0 radical (unpaired) electrons. The van der Waals surface area contributed by atoms with Crippen LogP contribution >= 0.6 is 0 Å². The van der Waals surface area contributed by atoms with E-state index in [-0.39, 0.29) is 5.92 Å². The van der Waals surface area contributed by atoms with Gasteiger partial charge in [-0.05, 0) is 25.3 Å². The Morgan fingerprint density at radius 3 is 3.09 bits per heavy atom. The fourth-order valence-electron chi connectivity index (χ4n) is 1.94. The summed E-state index contributed by atoms with van der Waals surface area (Å²) in [5.41, 5.74) is 1.36. The summed E-state index contributed by atoms with van der Waals surface area (Å²) < 4.78 is 0. The van der Waals surface area contributed by atoms with Crippen LogP contribution in [0.3, 0.4) is 0 Å². The minimum Gasteiger partial charge on any atom is -0.294 e. The Balaban J connectivity index is 2.25. The van der Waals surface area contributed by atoms with E-state index >= 15 is 0 Å². The minimum absolute atomic E-state index is 0.258. The summed E-state index contributed by atoms with van der Waals surface area (Å²) in [6, 6.07) is 0. The van der Waals surface area contributed by atoms with Crippen molar-refractivity contribution in [2.75, 3.05) is 0 Å². The van der Waals surface area contributed by atoms with E-state index in [0.717, 1.165) is 12.8 Å². The van der Waals surface area contributed by atoms with Crippen molar-refractivity contribution in [2.24, 2.45) is 5.92 Å². The Morgan fingerprint density at radius 2 is 2.27 bits per heavy atom. The normalized spacial score (nSPS) is 29.6. The molecule has 0 aromatic rings. The molecule has 1 fully saturated rings. The number of allylic oxidation sites excluding steroid dienone is 4. The fraction of sp³-hybridized carbons (Fsp3) is 0.500. The zero-order valence-electron chi connectivity index (χ0n) is 6.55. The lowest BCUT2D eigenvalue weighted by Crippen LogP contribution is -2.20. The van der Waals surface area contributed by atoms with Crippen molar-refractivity contribution >= 4 is 5.78 Å². The van der Waals surface area contributed by atoms with Gasteiger partial charge >= 0.3 is 0 Å². The SMILES string of the molecule is O=C1C=CC=C2CCCCC12. The number of carbonyl (C=O) groups is 1. The van der Waals surface area contributed by atoms with Crippen LogP contribution in [0.4, 0.5) is 0 Å². The van der Waals surface area contributed by atoms with E-state index in [1.807, 2.05) is 6.08 Å². The van der Waals surface area contributed by atoms with Crippen molar-refractivity contribution in [1.82, 2.24) is 0 Å². The van der Waals surface area contributed by atoms with Crippen LogP contribution in [-0.4, -0.2) is 5.78 Å². The van der Waals surface area contributed by atoms with E-state index in [4.69, 9.17) is 0 Å². The van der Waals surface area contributed by atoms with E-state index in [9.17, 15) is 4.79 Å². The number of ketones is 1. The molecular weight excluding hydrogens is 136 g/mol. The molecule has 2 rings (SSSR count). The van der Waals surface area contributed by atoms with Crippen LogP contribution in [0.2, 0.25) is 0 Å². The first-order valence-electron chi connectivity index (χ1n) is 4.29. The van der Waals surface area contributed by atoms with Gasteiger partial charge in [0, 0.05) is 5.92 Å². The molecule has 1 saturated carbocycles. The number of hydrogen-bond acceptors (Lipinski definition) is 1. The molecule has 1 unspecified atom stereocenters. The second-order valence-corrected chi connectivity index (χ2v) is 3.30. The Kier molecular flexibility index (Phi) is 1.65. The van der Waals surface area contributed by atoms with Gasteiger partial charge in [0.1, 0.15) is 0 Å². The predicted octanol–water partition coefficient (Wildman–Crippen LogP) is 2.24. The molecule has 0 saturated heterocycles. The number of rotatable bonds is 0. The van der Waals surface area contributed by atoms with Crippen LogP contribution in [0, 0.1) is 5.92 Å². The molecule has 1 nitrogen and oxygen atoms in total. The summed E-state index contributed by atoms with van der Waals surface area (Å²) in [4.78, 5) is 11.3. The van der Waals surface area contributed by atoms with Gasteiger partial charge in [0.15, 0.2) is 5.78 Å². The molecule has 11 heavy (non-hydrogen) atoms. The molecule has 0 aromatic heterocycles. The lowest BCUT2D eigenvalue weighted by molar-refractivity contribution is -0.117. The first-order valence-corrected chi connectivity index (χ1v) is 4.29. The van der Waals surface area contributed by atoms with Gasteiger partial charge in [-0.15, -0.1) is 0 Å². The number of carbonyl (C=O) groups excluding carboxylic acids is 1. The molecule has 0 aliphatic heterocycles. The fourth-order valence-corrected chi connectivity index (χ4v) is 1.94. The van der Waals surface area contributed by atoms with Crippen molar-refractivity contribution in [3.05, 3.63) is 23.8 Å². The van der Waals surface area contributed by atoms with Gasteiger partial charge in [-0.25, -0.2) is 0 Å². The van der Waals surface area contributed by atoms with E-state index in [0.29, 0.717) is 5.78 Å². The van der Waals surface area contributed by atoms with E-state index in [1.54, 1.807) is 6.08 Å². The second kappa shape index (κ2) is 2.65. The van der Waals surface area contributed by atoms with E-state index in [2.05, 4.69) is 6.08 Å². The van der Waals surface area contributed by atoms with Crippen LogP contribution in [0.1, 0.15) is 25.7 Å². The third-order valence-electron chi connectivity index (χ3n) is 2.57. The molecule has 0 heterocycles. The first-order chi connectivity index (χ1) is 5.38. The smallest absolute Gasteiger partial charge is 0.162 e. The van der Waals surface area contributed by atoms with Crippen molar-refractivity contribution in [2.45, 2.75) is 25.7 Å². The third kappa shape index (κ3) is 1.15. The highest BCUT2D eigenvalue weighted by Gasteiger charge is 2.24. The van der Waals surface area contributed by atoms with Gasteiger partial charge in [0.25, 0.3) is 0 Å². The topological polar surface area (TPSA) is 17.1 Å². The Bertz CT molecular complexity index is 235. The maximum absolute atomic E-state index is 11.3. The van der Waals surface area contributed by atoms with Gasteiger partial charge in [-0.1, -0.05) is 24.1 Å². The highest BCUT2D eigenvalue weighted by atomic mass is 16.1. The lowest BCUT2D eigenvalue weighted by atomic mass is 9.79. The Labute approximate surface area is 66.8 Å². The van der Waals surface area contributed by atoms with Crippen molar-refractivity contribution in [3.8, 4) is 0 Å². The monoisotopic (exact) mass is 148 g/mol. The van der Waals surface area contributed by atoms with E-state index in [1.165, 1.54) is 18.4 Å². The average molecular weight is 148 g/mol. The molecule has 1 atom stereocenters. The summed E-state index contributed by atoms with van der Waals surface area (Å²) >= 11 is 0. The predicted molar refractivity (Wildman–Crippen MR) is 44.2 cm³/mol. The van der Waals surface area contributed by atoms with Crippen molar-refractivity contribution < 1.29 is 4.79 Å². The Morgan fingerprint density at radius 1 is 1.36 bits per heavy atom. The van der Waals surface area contributed by atoms with Crippen LogP contribution in [0.5, 0.6) is 0 Å². The number of fused-ring (bicyclic) bond motifs is 1. The van der Waals surface area contributed by atoms with Gasteiger partial charge in [-0.2, -0.15) is 0 Å². The standard InChI is InChI=1S/C10H12O/c11-10-7-3-5-8-4-1-2-6-9(8)10/h3,5,7,9H,1-2,4,6H2. The second-order valence-electron chi connectivity index (χ2n) is 3.30. The van der Waals surface area contributed by atoms with E-state index < -0.39 is 0 Å². The van der Waals surface area contributed by atoms with Gasteiger partial charge in [-0.3, -0.25) is 4.79 Å². The van der Waals surface area contributed by atoms with Crippen LogP contribution in [0.25, 0.3) is 0 Å². The average Bonchev–Trinajstić information content (AvgIpc) is 2.06. The summed E-state index contributed by atoms with van der Waals surface area (Å²) in [6.07, 6.45) is 10.4. The molecule has 58 valence electrons. The summed E-state index contributed by atoms with van der Waals surface area (Å²) in [7, 11) is 0. The minimum atomic E-state index is 0.258. The van der Waals surface area contributed by atoms with Gasteiger partial charge in [0.05, 0.1) is 0 Å². The zero-order chi connectivity index (χ0) is 7.68. The summed E-state index contributed by atoms with van der Waals surface area (Å²) in [5.74, 6) is 0.580. The van der Waals surface area contributed by atoms with Crippen molar-refractivity contribution in [3.63, 3.8) is 0 Å². The Hall–Kier alpha value is -0.850. The van der Waals surface area contributed by atoms with Crippen LogP contribution in [-0.2, 0) is 4.79 Å². The lowest BCUT2D eigenvalue weighted by Gasteiger charge is -2.24. The number of hydrogen-bond donors (Lipinski definition) is 0. The molecule has 1 heteroatoms. The van der Waals surface area contributed by atoms with Gasteiger partial charge < -0.3 is 0 Å². The molecule has 0 amide bonds. The third-order valence-corrected chi connectivity index (χ3v) is 2.57. The molecule has 2 aliphatic carbocycles. The largest absolute Gasteiger partial charge is 0.294 e. The molecule has 0 bridgehead atoms. The molecule has 2 aliphatic rings. The molecule has 0 N–H and O–H groups in total. The van der Waals surface area contributed by atoms with Crippen LogP contribution in [0.15, 0.2) is 23.8 Å². The zero-order valence-corrected chi connectivity index (χ0v) is 6.55. The van der Waals surface area contributed by atoms with Crippen LogP contribution < -0.4 is 0 Å². The summed E-state index contributed by atoms with van der Waals surface area (Å²) in [5, 5.41) is 0. The van der Waals surface area contributed by atoms with Gasteiger partial charge in [0.2, 0.25) is 0 Å².